The van der Waals surface area contributed by atoms with E-state index in [0.717, 1.165) is 47.1 Å². The van der Waals surface area contributed by atoms with Gasteiger partial charge in [0, 0.05) is 0 Å². The van der Waals surface area contributed by atoms with Crippen LogP contribution in [-0.4, -0.2) is 17.0 Å². The second-order valence-corrected chi connectivity index (χ2v) is 12.1. The number of benzene rings is 3. The third-order valence-electron chi connectivity index (χ3n) is 8.86. The minimum Gasteiger partial charge on any atom is -0.478 e. The van der Waals surface area contributed by atoms with Crippen LogP contribution < -0.4 is 4.74 Å². The van der Waals surface area contributed by atoms with Gasteiger partial charge in [0.2, 0.25) is 0 Å². The summed E-state index contributed by atoms with van der Waals surface area (Å²) < 4.78 is 5.13. The summed E-state index contributed by atoms with van der Waals surface area (Å²) in [6.07, 6.45) is 6.75. The lowest BCUT2D eigenvalue weighted by Crippen LogP contribution is -2.16. The fraction of sp³-hybridized carbons (Fsp3) is 0.474. The van der Waals surface area contributed by atoms with Crippen molar-refractivity contribution in [3.63, 3.8) is 0 Å². The van der Waals surface area contributed by atoms with Crippen LogP contribution in [0.15, 0.2) is 84.9 Å². The second kappa shape index (κ2) is 18.2. The molecule has 3 aromatic rings. The van der Waals surface area contributed by atoms with E-state index in [0.29, 0.717) is 11.3 Å². The average Bonchev–Trinajstić information content (AvgIpc) is 3.61. The van der Waals surface area contributed by atoms with Gasteiger partial charge in [0.15, 0.2) is 0 Å². The van der Waals surface area contributed by atoms with Crippen LogP contribution in [0.1, 0.15) is 90.9 Å². The Hall–Kier alpha value is -3.40. The molecule has 2 bridgehead atoms. The number of ether oxygens (including phenoxy) is 1. The second-order valence-electron chi connectivity index (χ2n) is 12.1. The van der Waals surface area contributed by atoms with Crippen molar-refractivity contribution in [3.05, 3.63) is 90.5 Å². The van der Waals surface area contributed by atoms with Gasteiger partial charge in [-0.2, -0.15) is 0 Å². The smallest absolute Gasteiger partial charge is 0.335 e. The Morgan fingerprint density at radius 1 is 0.738 bits per heavy atom. The zero-order valence-corrected chi connectivity index (χ0v) is 26.8. The highest BCUT2D eigenvalue weighted by Gasteiger charge is 2.42. The zero-order chi connectivity index (χ0) is 31.1. The quantitative estimate of drug-likeness (QED) is 0.236. The number of carbonyl (C=O) groups excluding carboxylic acids is 1. The first-order chi connectivity index (χ1) is 20.1. The Morgan fingerprint density at radius 2 is 1.19 bits per heavy atom. The fourth-order valence-corrected chi connectivity index (χ4v) is 5.17. The molecule has 4 heteroatoms. The molecule has 42 heavy (non-hydrogen) atoms. The number of aromatic carboxylic acids is 1. The van der Waals surface area contributed by atoms with Gasteiger partial charge in [-0.15, -0.1) is 0 Å². The van der Waals surface area contributed by atoms with Gasteiger partial charge in [-0.25, -0.2) is 4.79 Å². The van der Waals surface area contributed by atoms with Crippen molar-refractivity contribution in [2.45, 2.75) is 80.6 Å². The van der Waals surface area contributed by atoms with Gasteiger partial charge in [-0.05, 0) is 90.7 Å². The topological polar surface area (TPSA) is 63.6 Å². The highest BCUT2D eigenvalue weighted by atomic mass is 16.5. The molecule has 0 aliphatic heterocycles. The Balaban J connectivity index is 0.000000208. The molecule has 5 unspecified atom stereocenters. The molecule has 4 nitrogen and oxygen atoms in total. The molecular formula is C38H52O4. The number of carboxylic acid groups (broad SMARTS) is 1. The van der Waals surface area contributed by atoms with Crippen molar-refractivity contribution < 1.29 is 19.4 Å². The maximum Gasteiger partial charge on any atom is 0.335 e. The van der Waals surface area contributed by atoms with Crippen LogP contribution in [0.25, 0.3) is 11.1 Å². The molecule has 0 heterocycles. The molecule has 0 aromatic heterocycles. The lowest BCUT2D eigenvalue weighted by atomic mass is 9.82. The summed E-state index contributed by atoms with van der Waals surface area (Å²) in [6.45, 7) is 15.4. The number of fused-ring (bicyclic) bond motifs is 2. The van der Waals surface area contributed by atoms with Crippen LogP contribution in [0, 0.1) is 35.5 Å². The highest BCUT2D eigenvalue weighted by molar-refractivity contribution is 5.88. The molecule has 0 saturated heterocycles. The summed E-state index contributed by atoms with van der Waals surface area (Å²) in [5, 5.41) is 8.75. The summed E-state index contributed by atoms with van der Waals surface area (Å²) in [6, 6.07) is 25.9. The summed E-state index contributed by atoms with van der Waals surface area (Å²) in [7, 11) is 0. The maximum atomic E-state index is 11.3. The predicted molar refractivity (Wildman–Crippen MR) is 175 cm³/mol. The van der Waals surface area contributed by atoms with Crippen LogP contribution in [-0.2, 0) is 4.79 Å². The third kappa shape index (κ3) is 11.5. The van der Waals surface area contributed by atoms with Crippen molar-refractivity contribution in [1.29, 1.82) is 0 Å². The van der Waals surface area contributed by atoms with Crippen molar-refractivity contribution in [2.75, 3.05) is 0 Å². The van der Waals surface area contributed by atoms with Crippen molar-refractivity contribution in [1.82, 2.24) is 0 Å². The number of esters is 1. The lowest BCUT2D eigenvalue weighted by molar-refractivity contribution is -0.138. The normalized spacial score (nSPS) is 20.6. The Labute approximate surface area is 254 Å². The number of carbonyl (C=O) groups is 2. The molecule has 5 atom stereocenters. The van der Waals surface area contributed by atoms with E-state index in [1.165, 1.54) is 19.3 Å². The summed E-state index contributed by atoms with van der Waals surface area (Å²) in [5.41, 5.74) is 2.43. The molecule has 2 fully saturated rings. The Kier molecular flexibility index (Phi) is 15.1. The van der Waals surface area contributed by atoms with Gasteiger partial charge < -0.3 is 9.84 Å². The molecule has 3 aromatic carbocycles. The van der Waals surface area contributed by atoms with Gasteiger partial charge in [-0.3, -0.25) is 4.79 Å². The Morgan fingerprint density at radius 3 is 1.57 bits per heavy atom. The molecule has 2 saturated carbocycles. The van der Waals surface area contributed by atoms with E-state index in [1.54, 1.807) is 30.7 Å². The van der Waals surface area contributed by atoms with Crippen LogP contribution in [0.5, 0.6) is 5.75 Å². The van der Waals surface area contributed by atoms with Gasteiger partial charge in [0.1, 0.15) is 5.75 Å². The van der Waals surface area contributed by atoms with Crippen LogP contribution in [0.4, 0.5) is 0 Å². The summed E-state index contributed by atoms with van der Waals surface area (Å²) in [4.78, 5) is 22.0. The van der Waals surface area contributed by atoms with Crippen molar-refractivity contribution in [3.8, 4) is 16.9 Å². The summed E-state index contributed by atoms with van der Waals surface area (Å²) >= 11 is 0. The summed E-state index contributed by atoms with van der Waals surface area (Å²) in [5.74, 6) is 4.74. The number of carboxylic acids is 1. The zero-order valence-electron chi connectivity index (χ0n) is 26.8. The third-order valence-corrected chi connectivity index (χ3v) is 8.86. The first-order valence-electron chi connectivity index (χ1n) is 15.7. The fourth-order valence-electron chi connectivity index (χ4n) is 5.17. The lowest BCUT2D eigenvalue weighted by Gasteiger charge is -2.24. The average molecular weight is 573 g/mol. The molecule has 0 spiro atoms. The van der Waals surface area contributed by atoms with E-state index in [9.17, 15) is 9.59 Å². The minimum absolute atomic E-state index is 0.0276. The maximum absolute atomic E-state index is 11.3. The molecule has 5 rings (SSSR count). The highest BCUT2D eigenvalue weighted by Crippen LogP contribution is 2.51. The van der Waals surface area contributed by atoms with Gasteiger partial charge in [0.25, 0.3) is 0 Å². The standard InChI is InChI=1S/C13H10O2.C11H14O2.C9H16.C5H12/c14-13(15)12-8-6-11(7-9-12)10-4-2-1-3-5-10;1-3-9(2)11(12)13-10-7-5-4-6-8-10;1-6-7(2)9-4-3-8(6)5-9;1-4-5(2)3/h1-9H,(H,14,15);4-9H,3H2,1-2H3;6-9H,3-5H2,1-2H3;5H,4H2,1-3H3. The monoisotopic (exact) mass is 572 g/mol. The number of hydrogen-bond donors (Lipinski definition) is 1. The van der Waals surface area contributed by atoms with E-state index in [2.05, 4.69) is 34.6 Å². The largest absolute Gasteiger partial charge is 0.478 e. The van der Waals surface area contributed by atoms with Crippen molar-refractivity contribution in [2.24, 2.45) is 35.5 Å². The molecule has 228 valence electrons. The van der Waals surface area contributed by atoms with Crippen molar-refractivity contribution >= 4 is 11.9 Å². The van der Waals surface area contributed by atoms with Crippen LogP contribution in [0.3, 0.4) is 0 Å². The SMILES string of the molecule is CC1C2CCC(C2)C1C.CCC(C)C.CCC(C)C(=O)Oc1ccccc1.O=C(O)c1ccc(-c2ccccc2)cc1. The van der Waals surface area contributed by atoms with E-state index < -0.39 is 5.97 Å². The minimum atomic E-state index is -0.894. The van der Waals surface area contributed by atoms with Gasteiger partial charge >= 0.3 is 11.9 Å². The van der Waals surface area contributed by atoms with Crippen LogP contribution >= 0.6 is 0 Å². The van der Waals surface area contributed by atoms with E-state index in [1.807, 2.05) is 74.5 Å². The van der Waals surface area contributed by atoms with E-state index >= 15 is 0 Å². The van der Waals surface area contributed by atoms with Gasteiger partial charge in [-0.1, -0.05) is 116 Å². The van der Waals surface area contributed by atoms with Gasteiger partial charge in [0.05, 0.1) is 11.5 Å². The molecule has 1 N–H and O–H groups in total. The predicted octanol–water partition coefficient (Wildman–Crippen LogP) is 10.4. The molecule has 2 aliphatic carbocycles. The molecular weight excluding hydrogens is 520 g/mol. The number of hydrogen-bond acceptors (Lipinski definition) is 3. The molecule has 2 aliphatic rings. The number of para-hydroxylation sites is 1. The van der Waals surface area contributed by atoms with E-state index in [-0.39, 0.29) is 11.9 Å². The first-order valence-corrected chi connectivity index (χ1v) is 15.7. The first kappa shape index (κ1) is 34.8. The molecule has 0 radical (unpaired) electrons. The molecule has 0 amide bonds. The van der Waals surface area contributed by atoms with E-state index in [4.69, 9.17) is 9.84 Å². The Bertz CT molecular complexity index is 1150. The van der Waals surface area contributed by atoms with Crippen LogP contribution in [0.2, 0.25) is 0 Å². The number of rotatable bonds is 6.